The lowest BCUT2D eigenvalue weighted by Gasteiger charge is -2.23. The quantitative estimate of drug-likeness (QED) is 0.507. The second-order valence-electron chi connectivity index (χ2n) is 6.64. The molecule has 3 N–H and O–H groups in total. The monoisotopic (exact) mass is 341 g/mol. The van der Waals surface area contributed by atoms with Gasteiger partial charge in [-0.3, -0.25) is 10.1 Å². The maximum absolute atomic E-state index is 11.1. The largest absolute Gasteiger partial charge is 0.388 e. The van der Waals surface area contributed by atoms with Crippen LogP contribution in [-0.2, 0) is 6.54 Å². The lowest BCUT2D eigenvalue weighted by Crippen LogP contribution is -2.28. The molecule has 25 heavy (non-hydrogen) atoms. The van der Waals surface area contributed by atoms with Gasteiger partial charge in [0, 0.05) is 31.6 Å². The number of aliphatic hydroxyl groups excluding tert-OH is 1. The van der Waals surface area contributed by atoms with E-state index in [0.717, 1.165) is 24.0 Å². The van der Waals surface area contributed by atoms with Gasteiger partial charge in [0.05, 0.1) is 11.0 Å². The van der Waals surface area contributed by atoms with Crippen molar-refractivity contribution in [2.75, 3.05) is 18.9 Å². The number of benzene rings is 2. The Morgan fingerprint density at radius 3 is 2.56 bits per heavy atom. The Morgan fingerprint density at radius 2 is 1.96 bits per heavy atom. The van der Waals surface area contributed by atoms with Gasteiger partial charge in [-0.05, 0) is 30.0 Å². The fourth-order valence-electron chi connectivity index (χ4n) is 3.20. The first-order valence-corrected chi connectivity index (χ1v) is 8.44. The molecule has 1 aliphatic rings. The second kappa shape index (κ2) is 7.21. The summed E-state index contributed by atoms with van der Waals surface area (Å²) < 4.78 is 0. The van der Waals surface area contributed by atoms with Gasteiger partial charge in [-0.1, -0.05) is 36.4 Å². The van der Waals surface area contributed by atoms with Crippen molar-refractivity contribution >= 4 is 11.4 Å². The Hall–Kier alpha value is -2.44. The number of nitrogens with one attached hydrogen (secondary N) is 2. The highest BCUT2D eigenvalue weighted by Crippen LogP contribution is 2.54. The van der Waals surface area contributed by atoms with Crippen LogP contribution in [0.5, 0.6) is 0 Å². The van der Waals surface area contributed by atoms with E-state index in [1.165, 1.54) is 0 Å². The third kappa shape index (κ3) is 3.81. The zero-order chi connectivity index (χ0) is 17.9. The fraction of sp³-hybridized carbons (Fsp3) is 0.368. The maximum atomic E-state index is 11.1. The predicted molar refractivity (Wildman–Crippen MR) is 97.4 cm³/mol. The number of rotatable bonds is 8. The summed E-state index contributed by atoms with van der Waals surface area (Å²) in [5.74, 6) is 0. The predicted octanol–water partition coefficient (Wildman–Crippen LogP) is 3.24. The highest BCUT2D eigenvalue weighted by atomic mass is 16.6. The molecule has 6 heteroatoms. The smallest absolute Gasteiger partial charge is 0.292 e. The number of hydrogen-bond donors (Lipinski definition) is 3. The zero-order valence-corrected chi connectivity index (χ0v) is 14.2. The van der Waals surface area contributed by atoms with E-state index in [0.29, 0.717) is 18.8 Å². The number of anilines is 1. The van der Waals surface area contributed by atoms with Crippen LogP contribution in [0.2, 0.25) is 0 Å². The molecule has 1 unspecified atom stereocenters. The summed E-state index contributed by atoms with van der Waals surface area (Å²) in [7, 11) is 1.67. The lowest BCUT2D eigenvalue weighted by atomic mass is 9.92. The molecule has 132 valence electrons. The average molecular weight is 341 g/mol. The van der Waals surface area contributed by atoms with Crippen molar-refractivity contribution < 1.29 is 10.0 Å². The van der Waals surface area contributed by atoms with E-state index >= 15 is 0 Å². The van der Waals surface area contributed by atoms with E-state index < -0.39 is 6.10 Å². The van der Waals surface area contributed by atoms with Crippen molar-refractivity contribution in [3.8, 4) is 0 Å². The van der Waals surface area contributed by atoms with Crippen LogP contribution in [0.25, 0.3) is 0 Å². The zero-order valence-electron chi connectivity index (χ0n) is 14.2. The molecule has 3 rings (SSSR count). The summed E-state index contributed by atoms with van der Waals surface area (Å²) in [4.78, 5) is 10.8. The van der Waals surface area contributed by atoms with E-state index in [1.54, 1.807) is 19.2 Å². The fourth-order valence-corrected chi connectivity index (χ4v) is 3.20. The molecule has 2 aromatic rings. The molecule has 6 nitrogen and oxygen atoms in total. The number of nitrogens with zero attached hydrogens (tertiary/aromatic N) is 1. The normalized spacial score (nSPS) is 16.2. The molecule has 1 saturated carbocycles. The highest BCUT2D eigenvalue weighted by molar-refractivity contribution is 5.62. The third-order valence-corrected chi connectivity index (χ3v) is 4.92. The SMILES string of the molecule is CNc1ccc(CNCC2(C(O)c3ccccc3)CC2)cc1[N+](=O)[O-]. The van der Waals surface area contributed by atoms with Gasteiger partial charge in [-0.25, -0.2) is 0 Å². The Balaban J connectivity index is 1.61. The summed E-state index contributed by atoms with van der Waals surface area (Å²) in [6.07, 6.45) is 1.48. The molecule has 2 aromatic carbocycles. The molecule has 0 aliphatic heterocycles. The van der Waals surface area contributed by atoms with Crippen LogP contribution in [0.4, 0.5) is 11.4 Å². The third-order valence-electron chi connectivity index (χ3n) is 4.92. The van der Waals surface area contributed by atoms with Gasteiger partial charge >= 0.3 is 0 Å². The molecule has 1 atom stereocenters. The van der Waals surface area contributed by atoms with Crippen LogP contribution in [0, 0.1) is 15.5 Å². The van der Waals surface area contributed by atoms with Gasteiger partial charge in [-0.15, -0.1) is 0 Å². The molecular formula is C19H23N3O3. The Bertz CT molecular complexity index is 745. The molecular weight excluding hydrogens is 318 g/mol. The molecule has 0 aromatic heterocycles. The van der Waals surface area contributed by atoms with Gasteiger partial charge in [0.25, 0.3) is 5.69 Å². The van der Waals surface area contributed by atoms with Gasteiger partial charge in [0.2, 0.25) is 0 Å². The van der Waals surface area contributed by atoms with Crippen LogP contribution in [0.3, 0.4) is 0 Å². The minimum absolute atomic E-state index is 0.0762. The van der Waals surface area contributed by atoms with Crippen molar-refractivity contribution in [3.05, 3.63) is 69.8 Å². The highest BCUT2D eigenvalue weighted by Gasteiger charge is 2.48. The van der Waals surface area contributed by atoms with Crippen molar-refractivity contribution in [3.63, 3.8) is 0 Å². The molecule has 1 fully saturated rings. The van der Waals surface area contributed by atoms with Crippen molar-refractivity contribution in [1.82, 2.24) is 5.32 Å². The van der Waals surface area contributed by atoms with E-state index in [4.69, 9.17) is 0 Å². The van der Waals surface area contributed by atoms with Gasteiger partial charge < -0.3 is 15.7 Å². The van der Waals surface area contributed by atoms with Crippen molar-refractivity contribution in [2.45, 2.75) is 25.5 Å². The molecule has 0 amide bonds. The Labute approximate surface area is 147 Å². The number of nitro benzene ring substituents is 1. The summed E-state index contributed by atoms with van der Waals surface area (Å²) in [6.45, 7) is 1.22. The van der Waals surface area contributed by atoms with Crippen molar-refractivity contribution in [2.24, 2.45) is 5.41 Å². The average Bonchev–Trinajstić information content (AvgIpc) is 3.42. The summed E-state index contributed by atoms with van der Waals surface area (Å²) in [5, 5.41) is 28.0. The summed E-state index contributed by atoms with van der Waals surface area (Å²) in [6, 6.07) is 14.9. The summed E-state index contributed by atoms with van der Waals surface area (Å²) >= 11 is 0. The van der Waals surface area contributed by atoms with Crippen molar-refractivity contribution in [1.29, 1.82) is 0 Å². The molecule has 0 bridgehead atoms. The topological polar surface area (TPSA) is 87.4 Å². The van der Waals surface area contributed by atoms with E-state index in [2.05, 4.69) is 10.6 Å². The Kier molecular flexibility index (Phi) is 5.01. The van der Waals surface area contributed by atoms with E-state index in [-0.39, 0.29) is 16.0 Å². The molecule has 0 saturated heterocycles. The lowest BCUT2D eigenvalue weighted by molar-refractivity contribution is -0.384. The van der Waals surface area contributed by atoms with E-state index in [9.17, 15) is 15.2 Å². The standard InChI is InChI=1S/C19H23N3O3/c1-20-16-8-7-14(11-17(16)22(24)25)12-21-13-19(9-10-19)18(23)15-5-3-2-4-6-15/h2-8,11,18,20-21,23H,9-10,12-13H2,1H3. The molecule has 0 spiro atoms. The van der Waals surface area contributed by atoms with Crippen LogP contribution in [-0.4, -0.2) is 23.6 Å². The van der Waals surface area contributed by atoms with E-state index in [1.807, 2.05) is 36.4 Å². The maximum Gasteiger partial charge on any atom is 0.292 e. The van der Waals surface area contributed by atoms with Crippen LogP contribution < -0.4 is 10.6 Å². The molecule has 0 radical (unpaired) electrons. The van der Waals surface area contributed by atoms with Crippen LogP contribution in [0.15, 0.2) is 48.5 Å². The molecule has 0 heterocycles. The first-order chi connectivity index (χ1) is 12.1. The number of hydrogen-bond acceptors (Lipinski definition) is 5. The van der Waals surface area contributed by atoms with Gasteiger partial charge in [0.1, 0.15) is 5.69 Å². The number of aliphatic hydroxyl groups is 1. The Morgan fingerprint density at radius 1 is 1.24 bits per heavy atom. The van der Waals surface area contributed by atoms with Gasteiger partial charge in [0.15, 0.2) is 0 Å². The van der Waals surface area contributed by atoms with Crippen LogP contribution in [0.1, 0.15) is 30.1 Å². The minimum atomic E-state index is -0.484. The second-order valence-corrected chi connectivity index (χ2v) is 6.64. The first kappa shape index (κ1) is 17.4. The summed E-state index contributed by atoms with van der Waals surface area (Å²) in [5.41, 5.74) is 2.25. The minimum Gasteiger partial charge on any atom is -0.388 e. The van der Waals surface area contributed by atoms with Gasteiger partial charge in [-0.2, -0.15) is 0 Å². The van der Waals surface area contributed by atoms with Crippen LogP contribution >= 0.6 is 0 Å². The number of nitro groups is 1. The first-order valence-electron chi connectivity index (χ1n) is 8.44. The molecule has 1 aliphatic carbocycles.